The van der Waals surface area contributed by atoms with E-state index in [9.17, 15) is 9.59 Å². The van der Waals surface area contributed by atoms with Crippen LogP contribution in [-0.2, 0) is 4.79 Å². The second-order valence-corrected chi connectivity index (χ2v) is 6.79. The number of carbonyl (C=O) groups is 2. The Morgan fingerprint density at radius 2 is 1.88 bits per heavy atom. The van der Waals surface area contributed by atoms with Crippen molar-refractivity contribution in [3.05, 3.63) is 47.1 Å². The number of nitrogens with one attached hydrogen (secondary N) is 1. The number of aromatic nitrogens is 2. The fourth-order valence-electron chi connectivity index (χ4n) is 1.86. The summed E-state index contributed by atoms with van der Waals surface area (Å²) in [6, 6.07) is 9.49. The molecule has 0 bridgehead atoms. The van der Waals surface area contributed by atoms with Gasteiger partial charge < -0.3 is 10.4 Å². The van der Waals surface area contributed by atoms with Gasteiger partial charge in [0.25, 0.3) is 5.91 Å². The minimum atomic E-state index is -1.09. The molecular formula is C16H16ClN3O3S. The Labute approximate surface area is 148 Å². The summed E-state index contributed by atoms with van der Waals surface area (Å²) in [4.78, 5) is 24.0. The Morgan fingerprint density at radius 1 is 1.17 bits per heavy atom. The van der Waals surface area contributed by atoms with Crippen LogP contribution in [0.25, 0.3) is 0 Å². The zero-order chi connectivity index (χ0) is 17.7. The van der Waals surface area contributed by atoms with Gasteiger partial charge in [-0.2, -0.15) is 0 Å². The van der Waals surface area contributed by atoms with Gasteiger partial charge in [0.15, 0.2) is 5.69 Å². The molecule has 1 aromatic heterocycles. The molecule has 0 aliphatic carbocycles. The Kier molecular flexibility index (Phi) is 6.16. The molecule has 1 amide bonds. The molecule has 0 fully saturated rings. The average molecular weight is 366 g/mol. The van der Waals surface area contributed by atoms with Gasteiger partial charge in [-0.1, -0.05) is 49.3 Å². The summed E-state index contributed by atoms with van der Waals surface area (Å²) in [6.45, 7) is 3.43. The minimum Gasteiger partial charge on any atom is -0.480 e. The highest BCUT2D eigenvalue weighted by molar-refractivity contribution is 7.99. The lowest BCUT2D eigenvalue weighted by Gasteiger charge is -2.17. The molecule has 0 saturated heterocycles. The van der Waals surface area contributed by atoms with Crippen molar-refractivity contribution >= 4 is 35.2 Å². The standard InChI is InChI=1S/C16H16ClN3O3S/c1-9(2)14(16(22)23)18-15(21)11-7-8-13(20-19-11)24-12-6-4-3-5-10(12)17/h3-9,14H,1-2H3,(H,18,21)(H,22,23)/t14-/m1/s1. The molecule has 0 aliphatic rings. The van der Waals surface area contributed by atoms with Gasteiger partial charge in [0, 0.05) is 4.90 Å². The zero-order valence-electron chi connectivity index (χ0n) is 13.1. The van der Waals surface area contributed by atoms with E-state index >= 15 is 0 Å². The van der Waals surface area contributed by atoms with E-state index < -0.39 is 17.9 Å². The van der Waals surface area contributed by atoms with Crippen LogP contribution < -0.4 is 5.32 Å². The van der Waals surface area contributed by atoms with Crippen molar-refractivity contribution in [1.82, 2.24) is 15.5 Å². The van der Waals surface area contributed by atoms with Gasteiger partial charge in [-0.15, -0.1) is 10.2 Å². The summed E-state index contributed by atoms with van der Waals surface area (Å²) in [5.74, 6) is -1.90. The lowest BCUT2D eigenvalue weighted by molar-refractivity contribution is -0.140. The van der Waals surface area contributed by atoms with Crippen LogP contribution in [0.1, 0.15) is 24.3 Å². The summed E-state index contributed by atoms with van der Waals surface area (Å²) in [5.41, 5.74) is 0.0606. The first kappa shape index (κ1) is 18.2. The number of hydrogen-bond acceptors (Lipinski definition) is 5. The maximum atomic E-state index is 12.1. The van der Waals surface area contributed by atoms with Gasteiger partial charge in [-0.25, -0.2) is 4.79 Å². The maximum Gasteiger partial charge on any atom is 0.326 e. The monoisotopic (exact) mass is 365 g/mol. The number of carboxylic acids is 1. The predicted octanol–water partition coefficient (Wildman–Crippen LogP) is 3.12. The van der Waals surface area contributed by atoms with E-state index in [0.29, 0.717) is 10.0 Å². The van der Waals surface area contributed by atoms with Crippen LogP contribution in [0.2, 0.25) is 5.02 Å². The van der Waals surface area contributed by atoms with E-state index in [2.05, 4.69) is 15.5 Å². The summed E-state index contributed by atoms with van der Waals surface area (Å²) >= 11 is 7.41. The molecule has 0 radical (unpaired) electrons. The number of carbonyl (C=O) groups excluding carboxylic acids is 1. The van der Waals surface area contributed by atoms with Crippen LogP contribution in [0, 0.1) is 5.92 Å². The molecule has 0 saturated carbocycles. The van der Waals surface area contributed by atoms with Crippen molar-refractivity contribution in [2.24, 2.45) is 5.92 Å². The third kappa shape index (κ3) is 4.69. The van der Waals surface area contributed by atoms with Crippen LogP contribution in [-0.4, -0.2) is 33.2 Å². The van der Waals surface area contributed by atoms with Gasteiger partial charge in [-0.05, 0) is 30.2 Å². The summed E-state index contributed by atoms with van der Waals surface area (Å²) in [5, 5.41) is 20.6. The molecule has 1 atom stereocenters. The van der Waals surface area contributed by atoms with E-state index in [1.54, 1.807) is 26.0 Å². The first-order valence-corrected chi connectivity index (χ1v) is 8.37. The molecule has 0 aliphatic heterocycles. The van der Waals surface area contributed by atoms with Crippen molar-refractivity contribution in [3.8, 4) is 0 Å². The number of hydrogen-bond donors (Lipinski definition) is 2. The lowest BCUT2D eigenvalue weighted by Crippen LogP contribution is -2.44. The van der Waals surface area contributed by atoms with Crippen molar-refractivity contribution in [1.29, 1.82) is 0 Å². The van der Waals surface area contributed by atoms with E-state index in [1.165, 1.54) is 17.8 Å². The number of carboxylic acid groups (broad SMARTS) is 1. The van der Waals surface area contributed by atoms with Crippen molar-refractivity contribution in [2.45, 2.75) is 29.8 Å². The highest BCUT2D eigenvalue weighted by Gasteiger charge is 2.24. The van der Waals surface area contributed by atoms with Gasteiger partial charge in [0.2, 0.25) is 0 Å². The summed E-state index contributed by atoms with van der Waals surface area (Å²) in [6.07, 6.45) is 0. The molecule has 2 aromatic rings. The SMILES string of the molecule is CC(C)[C@@H](NC(=O)c1ccc(Sc2ccccc2Cl)nn1)C(=O)O. The third-order valence-electron chi connectivity index (χ3n) is 3.14. The third-order valence-corrected chi connectivity index (χ3v) is 4.59. The molecule has 2 rings (SSSR count). The Balaban J connectivity index is 2.07. The van der Waals surface area contributed by atoms with Gasteiger partial charge in [-0.3, -0.25) is 4.79 Å². The summed E-state index contributed by atoms with van der Waals surface area (Å²) in [7, 11) is 0. The van der Waals surface area contributed by atoms with Gasteiger partial charge >= 0.3 is 5.97 Å². The molecular weight excluding hydrogens is 350 g/mol. The van der Waals surface area contributed by atoms with E-state index in [4.69, 9.17) is 16.7 Å². The summed E-state index contributed by atoms with van der Waals surface area (Å²) < 4.78 is 0. The second kappa shape index (κ2) is 8.12. The largest absolute Gasteiger partial charge is 0.480 e. The number of halogens is 1. The smallest absolute Gasteiger partial charge is 0.326 e. The first-order valence-electron chi connectivity index (χ1n) is 7.18. The highest BCUT2D eigenvalue weighted by Crippen LogP contribution is 2.31. The fourth-order valence-corrected chi connectivity index (χ4v) is 2.87. The van der Waals surface area contributed by atoms with Gasteiger partial charge in [0.1, 0.15) is 11.1 Å². The van der Waals surface area contributed by atoms with Crippen LogP contribution in [0.3, 0.4) is 0 Å². The van der Waals surface area contributed by atoms with Crippen molar-refractivity contribution in [2.75, 3.05) is 0 Å². The molecule has 24 heavy (non-hydrogen) atoms. The van der Waals surface area contributed by atoms with Crippen LogP contribution in [0.5, 0.6) is 0 Å². The zero-order valence-corrected chi connectivity index (χ0v) is 14.6. The van der Waals surface area contributed by atoms with Crippen LogP contribution in [0.15, 0.2) is 46.3 Å². The molecule has 1 aromatic carbocycles. The van der Waals surface area contributed by atoms with Crippen molar-refractivity contribution in [3.63, 3.8) is 0 Å². The molecule has 2 N–H and O–H groups in total. The number of benzene rings is 1. The molecule has 1 heterocycles. The number of amides is 1. The average Bonchev–Trinajstić information content (AvgIpc) is 2.54. The Morgan fingerprint density at radius 3 is 2.42 bits per heavy atom. The predicted molar refractivity (Wildman–Crippen MR) is 91.3 cm³/mol. The number of aliphatic carboxylic acids is 1. The van der Waals surface area contributed by atoms with Gasteiger partial charge in [0.05, 0.1) is 5.02 Å². The second-order valence-electron chi connectivity index (χ2n) is 5.32. The normalized spacial score (nSPS) is 12.0. The Bertz CT molecular complexity index is 738. The highest BCUT2D eigenvalue weighted by atomic mass is 35.5. The molecule has 8 heteroatoms. The number of rotatable bonds is 6. The topological polar surface area (TPSA) is 92.2 Å². The van der Waals surface area contributed by atoms with E-state index in [-0.39, 0.29) is 11.6 Å². The molecule has 0 unspecified atom stereocenters. The Hall–Kier alpha value is -2.12. The minimum absolute atomic E-state index is 0.0606. The van der Waals surface area contributed by atoms with E-state index in [0.717, 1.165) is 4.90 Å². The fraction of sp³-hybridized carbons (Fsp3) is 0.250. The van der Waals surface area contributed by atoms with Crippen LogP contribution in [0.4, 0.5) is 0 Å². The first-order chi connectivity index (χ1) is 11.4. The van der Waals surface area contributed by atoms with E-state index in [1.807, 2.05) is 18.2 Å². The maximum absolute atomic E-state index is 12.1. The lowest BCUT2D eigenvalue weighted by atomic mass is 10.0. The number of nitrogens with zero attached hydrogens (tertiary/aromatic N) is 2. The quantitative estimate of drug-likeness (QED) is 0.817. The molecule has 0 spiro atoms. The molecule has 126 valence electrons. The van der Waals surface area contributed by atoms with Crippen molar-refractivity contribution < 1.29 is 14.7 Å². The molecule has 6 nitrogen and oxygen atoms in total. The van der Waals surface area contributed by atoms with Crippen LogP contribution >= 0.6 is 23.4 Å².